The number of aromatic nitrogens is 1. The molecular formula is C26H23FN2O2. The van der Waals surface area contributed by atoms with Crippen molar-refractivity contribution < 1.29 is 13.9 Å². The van der Waals surface area contributed by atoms with Crippen molar-refractivity contribution in [2.24, 2.45) is 0 Å². The van der Waals surface area contributed by atoms with Crippen molar-refractivity contribution in [2.75, 3.05) is 6.61 Å². The lowest BCUT2D eigenvalue weighted by Gasteiger charge is -2.12. The molecule has 156 valence electrons. The third kappa shape index (κ3) is 4.56. The number of amides is 1. The van der Waals surface area contributed by atoms with E-state index < -0.39 is 0 Å². The molecule has 0 spiro atoms. The van der Waals surface area contributed by atoms with E-state index in [9.17, 15) is 9.18 Å². The van der Waals surface area contributed by atoms with Gasteiger partial charge in [0.2, 0.25) is 0 Å². The van der Waals surface area contributed by atoms with Gasteiger partial charge in [-0.15, -0.1) is 0 Å². The van der Waals surface area contributed by atoms with Crippen LogP contribution in [-0.4, -0.2) is 17.5 Å². The van der Waals surface area contributed by atoms with E-state index in [1.54, 1.807) is 18.2 Å². The first kappa shape index (κ1) is 20.5. The van der Waals surface area contributed by atoms with Crippen LogP contribution in [0.15, 0.2) is 72.8 Å². The number of nitrogens with zero attached hydrogens (tertiary/aromatic N) is 1. The molecule has 1 N–H and O–H groups in total. The van der Waals surface area contributed by atoms with Gasteiger partial charge in [-0.25, -0.2) is 4.39 Å². The molecule has 4 aromatic rings. The molecule has 0 saturated heterocycles. The summed E-state index contributed by atoms with van der Waals surface area (Å²) in [6.45, 7) is 4.83. The minimum absolute atomic E-state index is 0.166. The Labute approximate surface area is 180 Å². The molecule has 1 heterocycles. The highest BCUT2D eigenvalue weighted by Gasteiger charge is 2.15. The van der Waals surface area contributed by atoms with E-state index in [-0.39, 0.29) is 11.7 Å². The Morgan fingerprint density at radius 2 is 1.77 bits per heavy atom. The molecule has 0 saturated carbocycles. The first-order valence-electron chi connectivity index (χ1n) is 10.2. The van der Waals surface area contributed by atoms with Gasteiger partial charge in [-0.2, -0.15) is 0 Å². The number of benzene rings is 3. The molecule has 4 nitrogen and oxygen atoms in total. The Kier molecular flexibility index (Phi) is 5.94. The summed E-state index contributed by atoms with van der Waals surface area (Å²) in [5.74, 6) is 0.352. The molecule has 0 fully saturated rings. The van der Waals surface area contributed by atoms with E-state index in [1.165, 1.54) is 12.1 Å². The summed E-state index contributed by atoms with van der Waals surface area (Å²) in [6.07, 6.45) is 0. The molecule has 0 aliphatic rings. The molecule has 1 aromatic heterocycles. The van der Waals surface area contributed by atoms with E-state index in [0.29, 0.717) is 18.7 Å². The zero-order valence-electron chi connectivity index (χ0n) is 17.5. The first-order chi connectivity index (χ1) is 15.0. The van der Waals surface area contributed by atoms with Crippen LogP contribution in [0, 0.1) is 12.7 Å². The highest BCUT2D eigenvalue weighted by atomic mass is 19.1. The number of hydrogen-bond acceptors (Lipinski definition) is 3. The smallest absolute Gasteiger partial charge is 0.252 e. The standard InChI is InChI=1S/C26H23FN2O2/c1-3-31-21-13-7-18(8-14-21)16-28-26(30)24-15-17(2)29-25-22(5-4-6-23(24)25)19-9-11-20(27)12-10-19/h4-15H,3,16H2,1-2H3,(H,28,30). The summed E-state index contributed by atoms with van der Waals surface area (Å²) >= 11 is 0. The second-order valence-corrected chi connectivity index (χ2v) is 7.28. The lowest BCUT2D eigenvalue weighted by Crippen LogP contribution is -2.23. The Morgan fingerprint density at radius 3 is 2.48 bits per heavy atom. The van der Waals surface area contributed by atoms with Gasteiger partial charge in [-0.1, -0.05) is 42.5 Å². The third-order valence-electron chi connectivity index (χ3n) is 5.05. The minimum Gasteiger partial charge on any atom is -0.494 e. The molecule has 0 aliphatic heterocycles. The van der Waals surface area contributed by atoms with Crippen LogP contribution in [-0.2, 0) is 6.54 Å². The Morgan fingerprint density at radius 1 is 1.03 bits per heavy atom. The van der Waals surface area contributed by atoms with Gasteiger partial charge in [0.15, 0.2) is 0 Å². The predicted octanol–water partition coefficient (Wildman–Crippen LogP) is 5.68. The van der Waals surface area contributed by atoms with Crippen molar-refractivity contribution in [2.45, 2.75) is 20.4 Å². The number of halogens is 1. The van der Waals surface area contributed by atoms with E-state index in [0.717, 1.165) is 39.0 Å². The predicted molar refractivity (Wildman–Crippen MR) is 121 cm³/mol. The number of carbonyl (C=O) groups excluding carboxylic acids is 1. The van der Waals surface area contributed by atoms with Gasteiger partial charge in [0.05, 0.1) is 17.7 Å². The second kappa shape index (κ2) is 8.96. The first-order valence-corrected chi connectivity index (χ1v) is 10.2. The van der Waals surface area contributed by atoms with Crippen molar-refractivity contribution in [3.63, 3.8) is 0 Å². The number of pyridine rings is 1. The molecule has 5 heteroatoms. The Balaban J connectivity index is 1.63. The van der Waals surface area contributed by atoms with Gasteiger partial charge in [0, 0.05) is 23.2 Å². The maximum absolute atomic E-state index is 13.4. The lowest BCUT2D eigenvalue weighted by atomic mass is 9.98. The van der Waals surface area contributed by atoms with Crippen molar-refractivity contribution in [3.05, 3.63) is 95.4 Å². The van der Waals surface area contributed by atoms with Crippen LogP contribution in [0.25, 0.3) is 22.0 Å². The van der Waals surface area contributed by atoms with Gasteiger partial charge in [0.1, 0.15) is 11.6 Å². The summed E-state index contributed by atoms with van der Waals surface area (Å²) < 4.78 is 18.8. The van der Waals surface area contributed by atoms with Crippen LogP contribution in [0.1, 0.15) is 28.5 Å². The third-order valence-corrected chi connectivity index (χ3v) is 5.05. The number of para-hydroxylation sites is 1. The molecule has 31 heavy (non-hydrogen) atoms. The maximum atomic E-state index is 13.4. The van der Waals surface area contributed by atoms with Gasteiger partial charge in [0.25, 0.3) is 5.91 Å². The van der Waals surface area contributed by atoms with Gasteiger partial charge in [-0.3, -0.25) is 9.78 Å². The van der Waals surface area contributed by atoms with E-state index in [1.807, 2.05) is 56.3 Å². The number of hydrogen-bond donors (Lipinski definition) is 1. The van der Waals surface area contributed by atoms with Crippen LogP contribution in [0.4, 0.5) is 4.39 Å². The minimum atomic E-state index is -0.289. The number of carbonyl (C=O) groups is 1. The number of aryl methyl sites for hydroxylation is 1. The highest BCUT2D eigenvalue weighted by molar-refractivity contribution is 6.09. The lowest BCUT2D eigenvalue weighted by molar-refractivity contribution is 0.0952. The quantitative estimate of drug-likeness (QED) is 0.442. The van der Waals surface area contributed by atoms with Crippen molar-refractivity contribution in [1.29, 1.82) is 0 Å². The van der Waals surface area contributed by atoms with Crippen LogP contribution in [0.5, 0.6) is 5.75 Å². The molecule has 3 aromatic carbocycles. The maximum Gasteiger partial charge on any atom is 0.252 e. The Bertz CT molecular complexity index is 1220. The Hall–Kier alpha value is -3.73. The van der Waals surface area contributed by atoms with Crippen LogP contribution in [0.2, 0.25) is 0 Å². The fourth-order valence-electron chi connectivity index (χ4n) is 3.57. The fraction of sp³-hybridized carbons (Fsp3) is 0.154. The summed E-state index contributed by atoms with van der Waals surface area (Å²) in [4.78, 5) is 17.7. The molecular weight excluding hydrogens is 391 g/mol. The molecule has 0 aliphatic carbocycles. The van der Waals surface area contributed by atoms with E-state index in [2.05, 4.69) is 10.3 Å². The fourth-order valence-corrected chi connectivity index (χ4v) is 3.57. The van der Waals surface area contributed by atoms with E-state index in [4.69, 9.17) is 4.74 Å². The van der Waals surface area contributed by atoms with Crippen molar-refractivity contribution in [3.8, 4) is 16.9 Å². The highest BCUT2D eigenvalue weighted by Crippen LogP contribution is 2.30. The largest absolute Gasteiger partial charge is 0.494 e. The molecule has 0 radical (unpaired) electrons. The second-order valence-electron chi connectivity index (χ2n) is 7.28. The molecule has 4 rings (SSSR count). The number of fused-ring (bicyclic) bond motifs is 1. The SMILES string of the molecule is CCOc1ccc(CNC(=O)c2cc(C)nc3c(-c4ccc(F)cc4)cccc23)cc1. The normalized spacial score (nSPS) is 10.8. The molecule has 0 bridgehead atoms. The van der Waals surface area contributed by atoms with Crippen LogP contribution in [0.3, 0.4) is 0 Å². The summed E-state index contributed by atoms with van der Waals surface area (Å²) in [5.41, 5.74) is 4.73. The van der Waals surface area contributed by atoms with Crippen LogP contribution >= 0.6 is 0 Å². The van der Waals surface area contributed by atoms with Gasteiger partial charge in [-0.05, 0) is 55.3 Å². The van der Waals surface area contributed by atoms with Crippen molar-refractivity contribution in [1.82, 2.24) is 10.3 Å². The van der Waals surface area contributed by atoms with Gasteiger partial charge >= 0.3 is 0 Å². The van der Waals surface area contributed by atoms with Crippen LogP contribution < -0.4 is 10.1 Å². The van der Waals surface area contributed by atoms with E-state index >= 15 is 0 Å². The zero-order chi connectivity index (χ0) is 21.8. The van der Waals surface area contributed by atoms with Gasteiger partial charge < -0.3 is 10.1 Å². The molecule has 0 unspecified atom stereocenters. The average Bonchev–Trinajstić information content (AvgIpc) is 2.78. The number of nitrogens with one attached hydrogen (secondary N) is 1. The summed E-state index contributed by atoms with van der Waals surface area (Å²) in [5, 5.41) is 3.76. The summed E-state index contributed by atoms with van der Waals surface area (Å²) in [7, 11) is 0. The molecule has 1 amide bonds. The summed E-state index contributed by atoms with van der Waals surface area (Å²) in [6, 6.07) is 21.5. The number of ether oxygens (including phenoxy) is 1. The average molecular weight is 414 g/mol. The van der Waals surface area contributed by atoms with Crippen molar-refractivity contribution >= 4 is 16.8 Å². The molecule has 0 atom stereocenters. The monoisotopic (exact) mass is 414 g/mol. The zero-order valence-corrected chi connectivity index (χ0v) is 17.5. The topological polar surface area (TPSA) is 51.2 Å². The number of rotatable bonds is 6.